The van der Waals surface area contributed by atoms with Crippen LogP contribution < -0.4 is 14.2 Å². The van der Waals surface area contributed by atoms with Crippen molar-refractivity contribution in [1.29, 1.82) is 0 Å². The number of hydrogen-bond acceptors (Lipinski definition) is 5. The molecule has 0 saturated carbocycles. The fourth-order valence-corrected chi connectivity index (χ4v) is 4.25. The molecule has 1 aromatic heterocycles. The summed E-state index contributed by atoms with van der Waals surface area (Å²) in [5.74, 6) is 2.55. The number of ether oxygens (including phenoxy) is 3. The number of para-hydroxylation sites is 2. The molecule has 7 heteroatoms. The Morgan fingerprint density at radius 1 is 0.919 bits per heavy atom. The Morgan fingerprint density at radius 2 is 1.62 bits per heavy atom. The van der Waals surface area contributed by atoms with Gasteiger partial charge in [0.1, 0.15) is 11.4 Å². The average Bonchev–Trinajstić information content (AvgIpc) is 3.22. The topological polar surface area (TPSA) is 65.8 Å². The van der Waals surface area contributed by atoms with Crippen LogP contribution in [0.4, 0.5) is 0 Å². The van der Waals surface area contributed by atoms with Crippen molar-refractivity contribution < 1.29 is 19.0 Å². The molecule has 1 heterocycles. The minimum absolute atomic E-state index is 0.0845. The van der Waals surface area contributed by atoms with E-state index in [0.29, 0.717) is 41.8 Å². The van der Waals surface area contributed by atoms with E-state index in [1.165, 1.54) is 0 Å². The first-order valence-corrected chi connectivity index (χ1v) is 12.3. The summed E-state index contributed by atoms with van der Waals surface area (Å²) in [6.45, 7) is 5.07. The standard InChI is InChI=1S/C30H33N3O4/c1-21(2)19-33(29(34)23-14-11-15-24(18-23)35-4)20-25-28(22-12-7-6-8-13-22)31-32(3)30(25)37-27-17-10-9-16-26(27)36-5/h6-18,21H,19-20H2,1-5H3. The van der Waals surface area contributed by atoms with Crippen molar-refractivity contribution in [1.82, 2.24) is 14.7 Å². The van der Waals surface area contributed by atoms with E-state index in [0.717, 1.165) is 16.8 Å². The number of amides is 1. The van der Waals surface area contributed by atoms with Crippen molar-refractivity contribution >= 4 is 5.91 Å². The lowest BCUT2D eigenvalue weighted by molar-refractivity contribution is 0.0721. The highest BCUT2D eigenvalue weighted by molar-refractivity contribution is 5.94. The Kier molecular flexibility index (Phi) is 8.13. The van der Waals surface area contributed by atoms with Crippen LogP contribution in [-0.4, -0.2) is 41.4 Å². The molecule has 4 aromatic rings. The van der Waals surface area contributed by atoms with Crippen molar-refractivity contribution in [2.24, 2.45) is 13.0 Å². The molecule has 0 atom stereocenters. The summed E-state index contributed by atoms with van der Waals surface area (Å²) in [7, 11) is 5.05. The number of methoxy groups -OCH3 is 2. The van der Waals surface area contributed by atoms with Gasteiger partial charge in [-0.05, 0) is 36.2 Å². The van der Waals surface area contributed by atoms with Crippen molar-refractivity contribution in [2.45, 2.75) is 20.4 Å². The second-order valence-corrected chi connectivity index (χ2v) is 9.19. The molecule has 1 amide bonds. The van der Waals surface area contributed by atoms with Crippen molar-refractivity contribution in [2.75, 3.05) is 20.8 Å². The molecule has 0 unspecified atom stereocenters. The Hall–Kier alpha value is -4.26. The molecule has 3 aromatic carbocycles. The van der Waals surface area contributed by atoms with Gasteiger partial charge in [-0.25, -0.2) is 4.68 Å². The average molecular weight is 500 g/mol. The van der Waals surface area contributed by atoms with Crippen LogP contribution in [0, 0.1) is 5.92 Å². The summed E-state index contributed by atoms with van der Waals surface area (Å²) in [4.78, 5) is 15.6. The highest BCUT2D eigenvalue weighted by atomic mass is 16.5. The molecule has 0 aliphatic rings. The van der Waals surface area contributed by atoms with E-state index in [-0.39, 0.29) is 11.8 Å². The summed E-state index contributed by atoms with van der Waals surface area (Å²) in [5, 5.41) is 4.82. The molecule has 0 bridgehead atoms. The Bertz CT molecular complexity index is 1350. The van der Waals surface area contributed by atoms with Gasteiger partial charge in [-0.1, -0.05) is 62.4 Å². The third-order valence-electron chi connectivity index (χ3n) is 5.95. The van der Waals surface area contributed by atoms with Gasteiger partial charge < -0.3 is 19.1 Å². The monoisotopic (exact) mass is 499 g/mol. The van der Waals surface area contributed by atoms with Gasteiger partial charge in [0.2, 0.25) is 5.88 Å². The van der Waals surface area contributed by atoms with Gasteiger partial charge in [-0.2, -0.15) is 5.10 Å². The lowest BCUT2D eigenvalue weighted by Gasteiger charge is -2.25. The summed E-state index contributed by atoms with van der Waals surface area (Å²) in [5.41, 5.74) is 3.09. The SMILES string of the molecule is COc1cccc(C(=O)N(Cc2c(-c3ccccc3)nn(C)c2Oc2ccccc2OC)CC(C)C)c1. The van der Waals surface area contributed by atoms with E-state index in [1.807, 2.05) is 84.7 Å². The number of carbonyl (C=O) groups is 1. The zero-order valence-corrected chi connectivity index (χ0v) is 22.0. The first-order chi connectivity index (χ1) is 17.9. The van der Waals surface area contributed by atoms with Gasteiger partial charge >= 0.3 is 0 Å². The van der Waals surface area contributed by atoms with E-state index >= 15 is 0 Å². The zero-order chi connectivity index (χ0) is 26.4. The molecule has 0 N–H and O–H groups in total. The normalized spacial score (nSPS) is 10.9. The zero-order valence-electron chi connectivity index (χ0n) is 22.0. The van der Waals surface area contributed by atoms with Gasteiger partial charge in [0.25, 0.3) is 5.91 Å². The maximum atomic E-state index is 13.8. The molecule has 37 heavy (non-hydrogen) atoms. The lowest BCUT2D eigenvalue weighted by Crippen LogP contribution is -2.34. The molecule has 192 valence electrons. The Morgan fingerprint density at radius 3 is 2.30 bits per heavy atom. The maximum absolute atomic E-state index is 13.8. The molecule has 0 aliphatic carbocycles. The highest BCUT2D eigenvalue weighted by Gasteiger charge is 2.26. The Labute approximate surface area is 218 Å². The minimum Gasteiger partial charge on any atom is -0.497 e. The van der Waals surface area contributed by atoms with Gasteiger partial charge in [-0.3, -0.25) is 4.79 Å². The fraction of sp³-hybridized carbons (Fsp3) is 0.267. The molecule has 4 rings (SSSR count). The quantitative estimate of drug-likeness (QED) is 0.260. The number of carbonyl (C=O) groups excluding carboxylic acids is 1. The maximum Gasteiger partial charge on any atom is 0.254 e. The summed E-state index contributed by atoms with van der Waals surface area (Å²) < 4.78 is 19.0. The fourth-order valence-electron chi connectivity index (χ4n) is 4.25. The molecule has 0 aliphatic heterocycles. The largest absolute Gasteiger partial charge is 0.497 e. The van der Waals surface area contributed by atoms with Crippen LogP contribution in [0.1, 0.15) is 29.8 Å². The number of hydrogen-bond donors (Lipinski definition) is 0. The van der Waals surface area contributed by atoms with Crippen molar-refractivity contribution in [3.8, 4) is 34.4 Å². The van der Waals surface area contributed by atoms with Gasteiger partial charge in [0.05, 0.1) is 26.3 Å². The molecule has 0 spiro atoms. The number of benzene rings is 3. The van der Waals surface area contributed by atoms with Gasteiger partial charge in [0, 0.05) is 24.7 Å². The molecular weight excluding hydrogens is 466 g/mol. The van der Waals surface area contributed by atoms with Gasteiger partial charge in [-0.15, -0.1) is 0 Å². The highest BCUT2D eigenvalue weighted by Crippen LogP contribution is 2.37. The number of nitrogens with zero attached hydrogens (tertiary/aromatic N) is 3. The van der Waals surface area contributed by atoms with E-state index in [2.05, 4.69) is 13.8 Å². The second-order valence-electron chi connectivity index (χ2n) is 9.19. The van der Waals surface area contributed by atoms with Crippen LogP contribution in [0.3, 0.4) is 0 Å². The third kappa shape index (κ3) is 5.94. The van der Waals surface area contributed by atoms with Crippen LogP contribution in [0.2, 0.25) is 0 Å². The minimum atomic E-state index is -0.0845. The van der Waals surface area contributed by atoms with Crippen LogP contribution in [-0.2, 0) is 13.6 Å². The van der Waals surface area contributed by atoms with E-state index in [9.17, 15) is 4.79 Å². The predicted molar refractivity (Wildman–Crippen MR) is 144 cm³/mol. The van der Waals surface area contributed by atoms with E-state index in [1.54, 1.807) is 25.0 Å². The number of aryl methyl sites for hydroxylation is 1. The molecular formula is C30H33N3O4. The summed E-state index contributed by atoms with van der Waals surface area (Å²) in [6.07, 6.45) is 0. The molecule has 7 nitrogen and oxygen atoms in total. The summed E-state index contributed by atoms with van der Waals surface area (Å²) >= 11 is 0. The Balaban J connectivity index is 1.80. The van der Waals surface area contributed by atoms with Crippen molar-refractivity contribution in [3.63, 3.8) is 0 Å². The smallest absolute Gasteiger partial charge is 0.254 e. The molecule has 0 radical (unpaired) electrons. The number of aromatic nitrogens is 2. The van der Waals surface area contributed by atoms with Crippen LogP contribution in [0.5, 0.6) is 23.1 Å². The van der Waals surface area contributed by atoms with E-state index in [4.69, 9.17) is 19.3 Å². The molecule has 0 saturated heterocycles. The van der Waals surface area contributed by atoms with E-state index < -0.39 is 0 Å². The van der Waals surface area contributed by atoms with Crippen LogP contribution >= 0.6 is 0 Å². The first-order valence-electron chi connectivity index (χ1n) is 12.3. The van der Waals surface area contributed by atoms with Gasteiger partial charge in [0.15, 0.2) is 11.5 Å². The first kappa shape index (κ1) is 25.8. The second kappa shape index (κ2) is 11.6. The third-order valence-corrected chi connectivity index (χ3v) is 5.95. The van der Waals surface area contributed by atoms with Crippen LogP contribution in [0.25, 0.3) is 11.3 Å². The predicted octanol–water partition coefficient (Wildman–Crippen LogP) is 6.20. The molecule has 0 fully saturated rings. The van der Waals surface area contributed by atoms with Crippen molar-refractivity contribution in [3.05, 3.63) is 90.0 Å². The summed E-state index contributed by atoms with van der Waals surface area (Å²) in [6, 6.07) is 24.7. The number of rotatable bonds is 10. The van der Waals surface area contributed by atoms with Crippen LogP contribution in [0.15, 0.2) is 78.9 Å². The lowest BCUT2D eigenvalue weighted by atomic mass is 10.1.